The van der Waals surface area contributed by atoms with Gasteiger partial charge in [-0.15, -0.1) is 0 Å². The average molecular weight is 401 g/mol. The third-order valence-electron chi connectivity index (χ3n) is 5.11. The normalized spacial score (nSPS) is 12.6. The number of hydrogen-bond donors (Lipinski definition) is 1. The molecule has 0 spiro atoms. The number of nitrogens with one attached hydrogen (secondary N) is 1. The number of carboxylic acids is 1. The summed E-state index contributed by atoms with van der Waals surface area (Å²) in [6.45, 7) is 2.63. The van der Waals surface area contributed by atoms with E-state index in [1.54, 1.807) is 0 Å². The zero-order valence-electron chi connectivity index (χ0n) is 18.8. The van der Waals surface area contributed by atoms with Crippen LogP contribution in [0.2, 0.25) is 0 Å². The molecule has 0 heterocycles. The largest absolute Gasteiger partial charge is 0.544 e. The SMILES string of the molecule is CCCCCCCCCCCCCCC(C[N+](C)(C)CC(=O)[O-])OC(=O)NC. The quantitative estimate of drug-likeness (QED) is 0.281. The molecule has 166 valence electrons. The summed E-state index contributed by atoms with van der Waals surface area (Å²) in [6, 6.07) is 0. The second kappa shape index (κ2) is 16.6. The van der Waals surface area contributed by atoms with Gasteiger partial charge >= 0.3 is 6.09 Å². The summed E-state index contributed by atoms with van der Waals surface area (Å²) in [5.74, 6) is -1.09. The van der Waals surface area contributed by atoms with Gasteiger partial charge in [0.2, 0.25) is 0 Å². The Balaban J connectivity index is 3.93. The molecule has 0 aromatic rings. The summed E-state index contributed by atoms with van der Waals surface area (Å²) in [7, 11) is 5.17. The van der Waals surface area contributed by atoms with Crippen LogP contribution in [0.4, 0.5) is 4.79 Å². The van der Waals surface area contributed by atoms with Gasteiger partial charge in [0.25, 0.3) is 0 Å². The van der Waals surface area contributed by atoms with Gasteiger partial charge in [-0.3, -0.25) is 0 Å². The Morgan fingerprint density at radius 2 is 1.36 bits per heavy atom. The number of rotatable bonds is 18. The van der Waals surface area contributed by atoms with E-state index in [1.165, 1.54) is 71.3 Å². The number of alkyl carbamates (subject to hydrolysis) is 1. The van der Waals surface area contributed by atoms with E-state index in [0.29, 0.717) is 6.54 Å². The van der Waals surface area contributed by atoms with Crippen molar-refractivity contribution in [3.63, 3.8) is 0 Å². The van der Waals surface area contributed by atoms with Gasteiger partial charge in [-0.1, -0.05) is 77.6 Å². The van der Waals surface area contributed by atoms with Crippen LogP contribution in [-0.4, -0.2) is 56.9 Å². The first kappa shape index (κ1) is 26.7. The number of ether oxygens (including phenoxy) is 1. The maximum Gasteiger partial charge on any atom is 0.407 e. The Kier molecular flexibility index (Phi) is 15.9. The standard InChI is InChI=1S/C22H44N2O4/c1-5-6-7-8-9-10-11-12-13-14-15-16-17-20(28-22(27)23-2)18-24(3,4)19-21(25)26/h20H,5-19H2,1-4H3,(H-,23,25,26,27). The van der Waals surface area contributed by atoms with Crippen LogP contribution >= 0.6 is 0 Å². The number of carboxylic acid groups (broad SMARTS) is 1. The van der Waals surface area contributed by atoms with E-state index >= 15 is 0 Å². The molecule has 0 rings (SSSR count). The molecule has 0 fully saturated rings. The molecule has 6 nitrogen and oxygen atoms in total. The summed E-state index contributed by atoms with van der Waals surface area (Å²) in [5, 5.41) is 13.4. The molecule has 1 atom stereocenters. The highest BCUT2D eigenvalue weighted by Crippen LogP contribution is 2.15. The molecule has 0 saturated carbocycles. The highest BCUT2D eigenvalue weighted by Gasteiger charge is 2.25. The number of quaternary nitrogens is 1. The van der Waals surface area contributed by atoms with E-state index in [4.69, 9.17) is 4.74 Å². The first-order valence-corrected chi connectivity index (χ1v) is 11.2. The van der Waals surface area contributed by atoms with Crippen LogP contribution in [0.5, 0.6) is 0 Å². The van der Waals surface area contributed by atoms with Gasteiger partial charge in [-0.25, -0.2) is 4.79 Å². The molecular formula is C22H44N2O4. The summed E-state index contributed by atoms with van der Waals surface area (Å²) < 4.78 is 5.68. The van der Waals surface area contributed by atoms with Crippen molar-refractivity contribution in [1.29, 1.82) is 0 Å². The Labute approximate surface area is 172 Å². The molecule has 0 saturated heterocycles. The minimum absolute atomic E-state index is 0.0912. The van der Waals surface area contributed by atoms with Crippen molar-refractivity contribution < 1.29 is 23.9 Å². The van der Waals surface area contributed by atoms with Crippen LogP contribution in [-0.2, 0) is 9.53 Å². The lowest BCUT2D eigenvalue weighted by Crippen LogP contribution is -2.52. The van der Waals surface area contributed by atoms with E-state index in [1.807, 2.05) is 14.1 Å². The highest BCUT2D eigenvalue weighted by molar-refractivity contribution is 5.67. The van der Waals surface area contributed by atoms with Crippen LogP contribution < -0.4 is 10.4 Å². The molecule has 1 amide bonds. The molecule has 0 aromatic carbocycles. The smallest absolute Gasteiger partial charge is 0.407 e. The van der Waals surface area contributed by atoms with Crippen molar-refractivity contribution in [2.24, 2.45) is 0 Å². The number of nitrogens with zero attached hydrogens (tertiary/aromatic N) is 1. The fraction of sp³-hybridized carbons (Fsp3) is 0.909. The average Bonchev–Trinajstić information content (AvgIpc) is 2.60. The fourth-order valence-corrected chi connectivity index (χ4v) is 3.58. The van der Waals surface area contributed by atoms with Crippen LogP contribution in [0.3, 0.4) is 0 Å². The Morgan fingerprint density at radius 3 is 1.79 bits per heavy atom. The summed E-state index contributed by atoms with van der Waals surface area (Å²) in [6.07, 6.45) is 15.4. The number of hydrogen-bond acceptors (Lipinski definition) is 4. The van der Waals surface area contributed by atoms with Crippen molar-refractivity contribution in [1.82, 2.24) is 5.32 Å². The van der Waals surface area contributed by atoms with E-state index in [2.05, 4.69) is 12.2 Å². The van der Waals surface area contributed by atoms with Crippen molar-refractivity contribution in [3.8, 4) is 0 Å². The minimum atomic E-state index is -1.09. The molecule has 0 aromatic heterocycles. The summed E-state index contributed by atoms with van der Waals surface area (Å²) in [4.78, 5) is 22.5. The fourth-order valence-electron chi connectivity index (χ4n) is 3.58. The molecule has 28 heavy (non-hydrogen) atoms. The van der Waals surface area contributed by atoms with E-state index in [-0.39, 0.29) is 17.1 Å². The molecule has 0 aliphatic carbocycles. The number of aliphatic carboxylic acids is 1. The van der Waals surface area contributed by atoms with Gasteiger partial charge in [0.1, 0.15) is 13.1 Å². The number of carbonyl (C=O) groups is 2. The number of unbranched alkanes of at least 4 members (excludes halogenated alkanes) is 11. The second-order valence-corrected chi connectivity index (χ2v) is 8.60. The number of amides is 1. The van der Waals surface area contributed by atoms with E-state index in [9.17, 15) is 14.7 Å². The zero-order chi connectivity index (χ0) is 21.3. The van der Waals surface area contributed by atoms with Gasteiger partial charge in [-0.05, 0) is 12.8 Å². The molecule has 6 heteroatoms. The lowest BCUT2D eigenvalue weighted by Gasteiger charge is -2.33. The second-order valence-electron chi connectivity index (χ2n) is 8.60. The van der Waals surface area contributed by atoms with Gasteiger partial charge < -0.3 is 24.4 Å². The van der Waals surface area contributed by atoms with E-state index < -0.39 is 12.1 Å². The Morgan fingerprint density at radius 1 is 0.893 bits per heavy atom. The Bertz CT molecular complexity index is 413. The van der Waals surface area contributed by atoms with Crippen LogP contribution in [0, 0.1) is 0 Å². The summed E-state index contributed by atoms with van der Waals surface area (Å²) in [5.41, 5.74) is 0. The van der Waals surface area contributed by atoms with Crippen LogP contribution in [0.15, 0.2) is 0 Å². The van der Waals surface area contributed by atoms with Crippen molar-refractivity contribution in [2.45, 2.75) is 96.5 Å². The molecular weight excluding hydrogens is 356 g/mol. The minimum Gasteiger partial charge on any atom is -0.544 e. The van der Waals surface area contributed by atoms with Crippen LogP contribution in [0.25, 0.3) is 0 Å². The predicted octanol–water partition coefficient (Wildman–Crippen LogP) is 3.63. The molecule has 0 radical (unpaired) electrons. The number of carbonyl (C=O) groups excluding carboxylic acids is 2. The first-order chi connectivity index (χ1) is 13.3. The third-order valence-corrected chi connectivity index (χ3v) is 5.11. The lowest BCUT2D eigenvalue weighted by molar-refractivity contribution is -0.887. The zero-order valence-corrected chi connectivity index (χ0v) is 18.8. The topological polar surface area (TPSA) is 78.5 Å². The highest BCUT2D eigenvalue weighted by atomic mass is 16.6. The maximum absolute atomic E-state index is 11.6. The van der Waals surface area contributed by atoms with Gasteiger partial charge in [0.15, 0.2) is 6.10 Å². The lowest BCUT2D eigenvalue weighted by atomic mass is 10.0. The molecule has 1 unspecified atom stereocenters. The predicted molar refractivity (Wildman–Crippen MR) is 112 cm³/mol. The maximum atomic E-state index is 11.6. The van der Waals surface area contributed by atoms with Crippen molar-refractivity contribution in [3.05, 3.63) is 0 Å². The van der Waals surface area contributed by atoms with E-state index in [0.717, 1.165) is 19.3 Å². The third kappa shape index (κ3) is 16.8. The molecule has 1 N–H and O–H groups in total. The Hall–Kier alpha value is -1.30. The summed E-state index contributed by atoms with van der Waals surface area (Å²) >= 11 is 0. The van der Waals surface area contributed by atoms with Crippen molar-refractivity contribution >= 4 is 12.1 Å². The molecule has 0 aliphatic heterocycles. The molecule has 0 aliphatic rings. The molecule has 0 bridgehead atoms. The van der Waals surface area contributed by atoms with Gasteiger partial charge in [0.05, 0.1) is 20.1 Å². The van der Waals surface area contributed by atoms with Gasteiger partial charge in [-0.2, -0.15) is 0 Å². The van der Waals surface area contributed by atoms with Crippen molar-refractivity contribution in [2.75, 3.05) is 34.2 Å². The van der Waals surface area contributed by atoms with Crippen LogP contribution in [0.1, 0.15) is 90.4 Å². The monoisotopic (exact) mass is 400 g/mol. The van der Waals surface area contributed by atoms with Gasteiger partial charge in [0, 0.05) is 7.05 Å². The first-order valence-electron chi connectivity index (χ1n) is 11.2. The number of likely N-dealkylation sites (N-methyl/N-ethyl adjacent to an activating group) is 1.